The first kappa shape index (κ1) is 12.3. The average Bonchev–Trinajstić information content (AvgIpc) is 2.62. The Morgan fingerprint density at radius 2 is 2.00 bits per heavy atom. The van der Waals surface area contributed by atoms with Crippen molar-refractivity contribution in [1.82, 2.24) is 4.57 Å². The molecule has 0 unspecified atom stereocenters. The molecule has 1 heterocycles. The molecule has 2 aromatic rings. The number of rotatable bonds is 4. The van der Waals surface area contributed by atoms with Gasteiger partial charge in [0.05, 0.1) is 10.5 Å². The topological polar surface area (TPSA) is 4.93 Å². The van der Waals surface area contributed by atoms with Crippen LogP contribution in [0.5, 0.6) is 0 Å². The molecule has 0 aliphatic heterocycles. The molecule has 0 saturated heterocycles. The van der Waals surface area contributed by atoms with Gasteiger partial charge in [-0.25, -0.2) is 0 Å². The molecule has 86 valence electrons. The second-order valence-corrected chi connectivity index (χ2v) is 5.36. The molecule has 0 saturated carbocycles. The summed E-state index contributed by atoms with van der Waals surface area (Å²) in [5.41, 5.74) is 1.12. The van der Waals surface area contributed by atoms with E-state index in [9.17, 15) is 0 Å². The van der Waals surface area contributed by atoms with E-state index in [0.29, 0.717) is 5.02 Å². The molecule has 0 aliphatic carbocycles. The lowest BCUT2D eigenvalue weighted by Crippen LogP contribution is -1.96. The van der Waals surface area contributed by atoms with E-state index >= 15 is 0 Å². The summed E-state index contributed by atoms with van der Waals surface area (Å²) in [6.45, 7) is 1.01. The van der Waals surface area contributed by atoms with Crippen LogP contribution in [0.3, 0.4) is 0 Å². The van der Waals surface area contributed by atoms with Crippen LogP contribution in [-0.4, -0.2) is 9.90 Å². The zero-order chi connectivity index (χ0) is 11.5. The van der Waals surface area contributed by atoms with Gasteiger partial charge in [0.2, 0.25) is 0 Å². The van der Waals surface area contributed by atoms with Gasteiger partial charge in [0, 0.05) is 28.5 Å². The van der Waals surface area contributed by atoms with E-state index in [0.717, 1.165) is 34.2 Å². The molecule has 0 radical (unpaired) electrons. The van der Waals surface area contributed by atoms with E-state index in [-0.39, 0.29) is 0 Å². The molecule has 0 spiro atoms. The first-order valence-electron chi connectivity index (χ1n) is 5.22. The van der Waals surface area contributed by atoms with Gasteiger partial charge in [-0.3, -0.25) is 0 Å². The van der Waals surface area contributed by atoms with Gasteiger partial charge in [-0.2, -0.15) is 0 Å². The van der Waals surface area contributed by atoms with Crippen molar-refractivity contribution in [2.24, 2.45) is 0 Å². The monoisotopic (exact) mass is 319 g/mol. The van der Waals surface area contributed by atoms with Crippen molar-refractivity contribution in [2.45, 2.75) is 19.4 Å². The molecule has 4 heteroatoms. The largest absolute Gasteiger partial charge is 0.347 e. The second-order valence-electron chi connectivity index (χ2n) is 3.73. The average molecular weight is 321 g/mol. The van der Waals surface area contributed by atoms with Crippen molar-refractivity contribution in [3.05, 3.63) is 34.4 Å². The minimum absolute atomic E-state index is 0.693. The first-order valence-corrected chi connectivity index (χ1v) is 7.10. The second kappa shape index (κ2) is 5.44. The standard InChI is InChI=1S/C12H12BrCl2N/c13-4-1-2-5-16-6-3-10-11(15)7-9(14)8-12(10)16/h3,6-8H,1-2,4-5H2. The van der Waals surface area contributed by atoms with E-state index < -0.39 is 0 Å². The molecule has 0 fully saturated rings. The Bertz CT molecular complexity index is 493. The SMILES string of the molecule is Clc1cc(Cl)c2ccn(CCCCBr)c2c1. The maximum atomic E-state index is 6.13. The summed E-state index contributed by atoms with van der Waals surface area (Å²) in [7, 11) is 0. The molecule has 1 aromatic carbocycles. The summed E-state index contributed by atoms with van der Waals surface area (Å²) in [6, 6.07) is 5.80. The molecule has 0 amide bonds. The summed E-state index contributed by atoms with van der Waals surface area (Å²) < 4.78 is 2.20. The summed E-state index contributed by atoms with van der Waals surface area (Å²) in [4.78, 5) is 0. The molecule has 2 rings (SSSR count). The van der Waals surface area contributed by atoms with Crippen molar-refractivity contribution >= 4 is 50.0 Å². The maximum Gasteiger partial charge on any atom is 0.0514 e. The summed E-state index contributed by atoms with van der Waals surface area (Å²) in [5.74, 6) is 0. The van der Waals surface area contributed by atoms with Crippen molar-refractivity contribution < 1.29 is 0 Å². The highest BCUT2D eigenvalue weighted by Gasteiger charge is 2.05. The number of benzene rings is 1. The van der Waals surface area contributed by atoms with Crippen molar-refractivity contribution in [3.8, 4) is 0 Å². The van der Waals surface area contributed by atoms with Gasteiger partial charge >= 0.3 is 0 Å². The third kappa shape index (κ3) is 2.55. The van der Waals surface area contributed by atoms with Crippen LogP contribution in [0, 0.1) is 0 Å². The zero-order valence-corrected chi connectivity index (χ0v) is 11.8. The summed E-state index contributed by atoms with van der Waals surface area (Å²) >= 11 is 15.6. The Kier molecular flexibility index (Phi) is 4.17. The molecule has 16 heavy (non-hydrogen) atoms. The third-order valence-electron chi connectivity index (χ3n) is 2.59. The highest BCUT2D eigenvalue weighted by Crippen LogP contribution is 2.28. The Labute approximate surface area is 113 Å². The van der Waals surface area contributed by atoms with Crippen LogP contribution in [0.15, 0.2) is 24.4 Å². The Hall–Kier alpha value is -0.180. The molecule has 1 nitrogen and oxygen atoms in total. The van der Waals surface area contributed by atoms with Gasteiger partial charge < -0.3 is 4.57 Å². The van der Waals surface area contributed by atoms with Crippen molar-refractivity contribution in [1.29, 1.82) is 0 Å². The molecule has 0 aliphatic rings. The van der Waals surface area contributed by atoms with Gasteiger partial charge in [-0.1, -0.05) is 39.1 Å². The van der Waals surface area contributed by atoms with Crippen LogP contribution >= 0.6 is 39.1 Å². The Morgan fingerprint density at radius 3 is 2.75 bits per heavy atom. The van der Waals surface area contributed by atoms with Gasteiger partial charge in [-0.15, -0.1) is 0 Å². The third-order valence-corrected chi connectivity index (χ3v) is 3.68. The lowest BCUT2D eigenvalue weighted by Gasteiger charge is -2.05. The molecular weight excluding hydrogens is 309 g/mol. The van der Waals surface area contributed by atoms with E-state index in [1.54, 1.807) is 6.07 Å². The van der Waals surface area contributed by atoms with Gasteiger partial charge in [-0.05, 0) is 31.0 Å². The fourth-order valence-electron chi connectivity index (χ4n) is 1.79. The highest BCUT2D eigenvalue weighted by atomic mass is 79.9. The number of unbranched alkanes of at least 4 members (excludes halogenated alkanes) is 1. The first-order chi connectivity index (χ1) is 7.72. The fourth-order valence-corrected chi connectivity index (χ4v) is 2.73. The molecule has 0 N–H and O–H groups in total. The predicted molar refractivity (Wildman–Crippen MR) is 75.0 cm³/mol. The predicted octanol–water partition coefficient (Wildman–Crippen LogP) is 5.12. The number of aromatic nitrogens is 1. The van der Waals surface area contributed by atoms with E-state index in [4.69, 9.17) is 23.2 Å². The van der Waals surface area contributed by atoms with Crippen LogP contribution in [0.1, 0.15) is 12.8 Å². The number of hydrogen-bond donors (Lipinski definition) is 0. The number of aryl methyl sites for hydroxylation is 1. The number of halogens is 3. The smallest absolute Gasteiger partial charge is 0.0514 e. The van der Waals surface area contributed by atoms with Crippen molar-refractivity contribution in [2.75, 3.05) is 5.33 Å². The molecule has 0 bridgehead atoms. The van der Waals surface area contributed by atoms with Crippen LogP contribution in [-0.2, 0) is 6.54 Å². The Balaban J connectivity index is 2.32. The van der Waals surface area contributed by atoms with Gasteiger partial charge in [0.15, 0.2) is 0 Å². The van der Waals surface area contributed by atoms with Crippen LogP contribution < -0.4 is 0 Å². The fraction of sp³-hybridized carbons (Fsp3) is 0.333. The van der Waals surface area contributed by atoms with Gasteiger partial charge in [0.1, 0.15) is 0 Å². The number of hydrogen-bond acceptors (Lipinski definition) is 0. The molecule has 1 aromatic heterocycles. The molecular formula is C12H12BrCl2N. The van der Waals surface area contributed by atoms with E-state index in [1.807, 2.05) is 12.1 Å². The lowest BCUT2D eigenvalue weighted by atomic mass is 10.2. The zero-order valence-electron chi connectivity index (χ0n) is 8.72. The number of fused-ring (bicyclic) bond motifs is 1. The number of nitrogens with zero attached hydrogens (tertiary/aromatic N) is 1. The summed E-state index contributed by atoms with van der Waals surface area (Å²) in [5, 5.41) is 3.54. The van der Waals surface area contributed by atoms with E-state index in [2.05, 4.69) is 26.7 Å². The molecule has 0 atom stereocenters. The van der Waals surface area contributed by atoms with Crippen molar-refractivity contribution in [3.63, 3.8) is 0 Å². The quantitative estimate of drug-likeness (QED) is 0.544. The van der Waals surface area contributed by atoms with Crippen LogP contribution in [0.2, 0.25) is 10.0 Å². The van der Waals surface area contributed by atoms with Crippen LogP contribution in [0.4, 0.5) is 0 Å². The normalized spacial score (nSPS) is 11.2. The lowest BCUT2D eigenvalue weighted by molar-refractivity contribution is 0.655. The minimum Gasteiger partial charge on any atom is -0.347 e. The maximum absolute atomic E-state index is 6.13. The summed E-state index contributed by atoms with van der Waals surface area (Å²) in [6.07, 6.45) is 4.40. The Morgan fingerprint density at radius 1 is 1.19 bits per heavy atom. The highest BCUT2D eigenvalue weighted by molar-refractivity contribution is 9.09. The number of alkyl halides is 1. The van der Waals surface area contributed by atoms with E-state index in [1.165, 1.54) is 6.42 Å². The minimum atomic E-state index is 0.693. The van der Waals surface area contributed by atoms with Gasteiger partial charge in [0.25, 0.3) is 0 Å². The van der Waals surface area contributed by atoms with Crippen LogP contribution in [0.25, 0.3) is 10.9 Å².